The first-order chi connectivity index (χ1) is 16.3. The molecule has 2 aromatic rings. The smallest absolute Gasteiger partial charge is 0.323 e. The van der Waals surface area contributed by atoms with Crippen LogP contribution in [0.25, 0.3) is 0 Å². The van der Waals surface area contributed by atoms with Crippen molar-refractivity contribution >= 4 is 6.03 Å². The van der Waals surface area contributed by atoms with Gasteiger partial charge in [0.05, 0.1) is 12.6 Å². The van der Waals surface area contributed by atoms with Crippen LogP contribution in [-0.4, -0.2) is 89.9 Å². The van der Waals surface area contributed by atoms with Crippen molar-refractivity contribution in [1.29, 1.82) is 0 Å². The fourth-order valence-electron chi connectivity index (χ4n) is 5.88. The molecule has 4 fully saturated rings. The van der Waals surface area contributed by atoms with Crippen LogP contribution in [0.3, 0.4) is 0 Å². The first kappa shape index (κ1) is 22.5. The van der Waals surface area contributed by atoms with Gasteiger partial charge in [-0.2, -0.15) is 26.3 Å². The minimum absolute atomic E-state index is 0.0318. The summed E-state index contributed by atoms with van der Waals surface area (Å²) in [6.07, 6.45) is -6.71. The summed E-state index contributed by atoms with van der Waals surface area (Å²) in [6.45, 7) is 3.92. The number of aromatic nitrogens is 6. The van der Waals surface area contributed by atoms with E-state index in [1.165, 1.54) is 4.68 Å². The van der Waals surface area contributed by atoms with E-state index in [0.29, 0.717) is 52.1 Å². The van der Waals surface area contributed by atoms with E-state index in [0.717, 1.165) is 6.33 Å². The molecule has 0 atom stereocenters. The Morgan fingerprint density at radius 1 is 0.943 bits per heavy atom. The van der Waals surface area contributed by atoms with Crippen LogP contribution in [-0.2, 0) is 18.9 Å². The topological polar surface area (TPSA) is 99.1 Å². The monoisotopic (exact) mass is 505 g/mol. The van der Waals surface area contributed by atoms with Gasteiger partial charge in [-0.15, -0.1) is 10.2 Å². The number of aromatic amines is 1. The third-order valence-corrected chi connectivity index (χ3v) is 7.40. The highest BCUT2D eigenvalue weighted by molar-refractivity contribution is 5.77. The number of hydrogen-bond donors (Lipinski definition) is 1. The Bertz CT molecular complexity index is 1130. The Morgan fingerprint density at radius 2 is 1.54 bits per heavy atom. The van der Waals surface area contributed by atoms with Crippen LogP contribution >= 0.6 is 0 Å². The van der Waals surface area contributed by atoms with E-state index in [1.807, 2.05) is 4.90 Å². The maximum Gasteiger partial charge on any atom is 0.453 e. The third kappa shape index (κ3) is 3.81. The van der Waals surface area contributed by atoms with Crippen LogP contribution in [0.15, 0.2) is 6.33 Å². The molecule has 35 heavy (non-hydrogen) atoms. The van der Waals surface area contributed by atoms with Gasteiger partial charge in [0, 0.05) is 50.1 Å². The second-order valence-electron chi connectivity index (χ2n) is 10.4. The molecule has 0 unspecified atom stereocenters. The van der Waals surface area contributed by atoms with Crippen molar-refractivity contribution in [2.24, 2.45) is 10.8 Å². The van der Waals surface area contributed by atoms with Gasteiger partial charge in [-0.05, 0) is 12.8 Å². The molecule has 16 heteroatoms. The van der Waals surface area contributed by atoms with E-state index in [4.69, 9.17) is 0 Å². The lowest BCUT2D eigenvalue weighted by molar-refractivity contribution is -0.146. The first-order valence-corrected chi connectivity index (χ1v) is 11.1. The van der Waals surface area contributed by atoms with Gasteiger partial charge in [0.2, 0.25) is 0 Å². The highest BCUT2D eigenvalue weighted by atomic mass is 19.4. The number of carbonyl (C=O) groups is 1. The molecule has 3 saturated heterocycles. The second kappa shape index (κ2) is 7.07. The van der Waals surface area contributed by atoms with Crippen LogP contribution in [0.1, 0.15) is 36.4 Å². The molecule has 1 saturated carbocycles. The second-order valence-corrected chi connectivity index (χ2v) is 10.4. The Hall–Kier alpha value is -2.91. The van der Waals surface area contributed by atoms with E-state index in [2.05, 4.69) is 25.3 Å². The van der Waals surface area contributed by atoms with Crippen molar-refractivity contribution < 1.29 is 31.1 Å². The van der Waals surface area contributed by atoms with E-state index in [9.17, 15) is 31.1 Å². The van der Waals surface area contributed by atoms with Crippen molar-refractivity contribution in [2.75, 3.05) is 39.3 Å². The van der Waals surface area contributed by atoms with Gasteiger partial charge < -0.3 is 9.80 Å². The average molecular weight is 505 g/mol. The van der Waals surface area contributed by atoms with Crippen molar-refractivity contribution in [2.45, 2.75) is 37.8 Å². The summed E-state index contributed by atoms with van der Waals surface area (Å²) in [4.78, 5) is 25.1. The summed E-state index contributed by atoms with van der Waals surface area (Å²) in [7, 11) is 0. The Balaban J connectivity index is 0.926. The summed E-state index contributed by atoms with van der Waals surface area (Å²) < 4.78 is 77.1. The van der Waals surface area contributed by atoms with Gasteiger partial charge in [-0.25, -0.2) is 19.4 Å². The zero-order valence-electron chi connectivity index (χ0n) is 18.3. The quantitative estimate of drug-likeness (QED) is 0.641. The lowest BCUT2D eigenvalue weighted by atomic mass is 9.60. The Kier molecular flexibility index (Phi) is 4.56. The molecule has 2 spiro atoms. The van der Waals surface area contributed by atoms with Crippen LogP contribution in [0.5, 0.6) is 0 Å². The Labute approximate surface area is 194 Å². The summed E-state index contributed by atoms with van der Waals surface area (Å²) in [5, 5.41) is 9.05. The molecular weight excluding hydrogens is 484 g/mol. The highest BCUT2D eigenvalue weighted by Gasteiger charge is 2.58. The summed E-state index contributed by atoms with van der Waals surface area (Å²) in [5.41, 5.74) is -0.0945. The highest BCUT2D eigenvalue weighted by Crippen LogP contribution is 2.54. The van der Waals surface area contributed by atoms with Crippen LogP contribution < -0.4 is 0 Å². The molecule has 0 radical (unpaired) electrons. The van der Waals surface area contributed by atoms with E-state index >= 15 is 0 Å². The molecule has 6 rings (SSSR count). The lowest BCUT2D eigenvalue weighted by Crippen LogP contribution is -2.75. The largest absolute Gasteiger partial charge is 0.453 e. The molecule has 1 N–H and O–H groups in total. The minimum atomic E-state index is -4.58. The number of carbonyl (C=O) groups excluding carboxylic acids is 1. The average Bonchev–Trinajstić information content (AvgIpc) is 3.29. The molecule has 0 bridgehead atoms. The molecule has 1 aliphatic carbocycles. The molecule has 0 aromatic carbocycles. The summed E-state index contributed by atoms with van der Waals surface area (Å²) in [5.74, 6) is -2.16. The standard InChI is InChI=1S/C19H21F6N9O/c20-18(21,22)13-26-10-34(30-13)11-1-16(2-11)6-32(7-16)15(35)33-8-17(9-33)4-31(5-17)3-12-27-14(29-28-12)19(23,24)25/h10-11H,1-9H2,(H,27,28,29). The predicted octanol–water partition coefficient (Wildman–Crippen LogP) is 2.01. The lowest BCUT2D eigenvalue weighted by Gasteiger charge is -2.63. The fourth-order valence-corrected chi connectivity index (χ4v) is 5.88. The van der Waals surface area contributed by atoms with Crippen LogP contribution in [0, 0.1) is 10.8 Å². The van der Waals surface area contributed by atoms with Crippen molar-refractivity contribution in [1.82, 2.24) is 44.6 Å². The van der Waals surface area contributed by atoms with Crippen molar-refractivity contribution in [3.05, 3.63) is 23.8 Å². The zero-order valence-corrected chi connectivity index (χ0v) is 18.3. The maximum absolute atomic E-state index is 12.8. The number of nitrogens with one attached hydrogen (secondary N) is 1. The van der Waals surface area contributed by atoms with Gasteiger partial charge in [0.1, 0.15) is 12.2 Å². The SMILES string of the molecule is O=C(N1CC2(CC(n3cnc(C(F)(F)F)n3)C2)C1)N1CC2(CN(Cc3nc(C(F)(F)F)n[nH]3)C2)C1. The van der Waals surface area contributed by atoms with Gasteiger partial charge in [0.15, 0.2) is 0 Å². The van der Waals surface area contributed by atoms with Gasteiger partial charge >= 0.3 is 18.4 Å². The molecule has 10 nitrogen and oxygen atoms in total. The van der Waals surface area contributed by atoms with E-state index in [-0.39, 0.29) is 35.3 Å². The predicted molar refractivity (Wildman–Crippen MR) is 103 cm³/mol. The minimum Gasteiger partial charge on any atom is -0.323 e. The van der Waals surface area contributed by atoms with E-state index < -0.39 is 24.0 Å². The molecule has 5 heterocycles. The van der Waals surface area contributed by atoms with Crippen LogP contribution in [0.4, 0.5) is 31.1 Å². The van der Waals surface area contributed by atoms with Crippen LogP contribution in [0.2, 0.25) is 0 Å². The molecule has 4 aliphatic rings. The third-order valence-electron chi connectivity index (χ3n) is 7.40. The van der Waals surface area contributed by atoms with Crippen molar-refractivity contribution in [3.8, 4) is 0 Å². The zero-order chi connectivity index (χ0) is 24.8. The number of halogens is 6. The Morgan fingerprint density at radius 3 is 2.09 bits per heavy atom. The molecule has 2 aromatic heterocycles. The number of hydrogen-bond acceptors (Lipinski definition) is 6. The van der Waals surface area contributed by atoms with Crippen molar-refractivity contribution in [3.63, 3.8) is 0 Å². The maximum atomic E-state index is 12.8. The molecular formula is C19H21F6N9O. The number of alkyl halides is 6. The van der Waals surface area contributed by atoms with E-state index in [1.54, 1.807) is 9.80 Å². The first-order valence-electron chi connectivity index (χ1n) is 11.1. The number of nitrogens with zero attached hydrogens (tertiary/aromatic N) is 8. The number of H-pyrrole nitrogens is 1. The molecule has 3 aliphatic heterocycles. The number of amides is 2. The summed E-state index contributed by atoms with van der Waals surface area (Å²) in [6, 6.07) is -0.186. The number of likely N-dealkylation sites (tertiary alicyclic amines) is 3. The summed E-state index contributed by atoms with van der Waals surface area (Å²) >= 11 is 0. The van der Waals surface area contributed by atoms with Gasteiger partial charge in [0.25, 0.3) is 11.6 Å². The molecule has 190 valence electrons. The fraction of sp³-hybridized carbons (Fsp3) is 0.737. The normalized spacial score (nSPS) is 23.7. The molecule has 2 amide bonds. The number of urea groups is 1. The van der Waals surface area contributed by atoms with Gasteiger partial charge in [-0.1, -0.05) is 0 Å². The van der Waals surface area contributed by atoms with Gasteiger partial charge in [-0.3, -0.25) is 10.00 Å². The number of rotatable bonds is 3.